The molecule has 0 saturated heterocycles. The van der Waals surface area contributed by atoms with Crippen LogP contribution in [0.4, 0.5) is 5.69 Å². The first-order chi connectivity index (χ1) is 14.0. The Morgan fingerprint density at radius 1 is 0.862 bits per heavy atom. The predicted molar refractivity (Wildman–Crippen MR) is 105 cm³/mol. The van der Waals surface area contributed by atoms with E-state index in [1.54, 1.807) is 24.3 Å². The minimum absolute atomic E-state index is 0.0492. The molecule has 8 heteroatoms. The van der Waals surface area contributed by atoms with Gasteiger partial charge in [-0.2, -0.15) is 0 Å². The number of ether oxygens (including phenoxy) is 1. The number of amides is 2. The number of carbonyl (C=O) groups is 2. The average Bonchev–Trinajstić information content (AvgIpc) is 2.76. The quantitative estimate of drug-likeness (QED) is 0.495. The van der Waals surface area contributed by atoms with Crippen LogP contribution in [0.2, 0.25) is 0 Å². The molecule has 3 aromatic rings. The highest BCUT2D eigenvalue weighted by atomic mass is 16.6. The Balaban J connectivity index is 1.64. The zero-order valence-corrected chi connectivity index (χ0v) is 15.2. The summed E-state index contributed by atoms with van der Waals surface area (Å²) in [5.74, 6) is -0.893. The van der Waals surface area contributed by atoms with Crippen molar-refractivity contribution >= 4 is 17.5 Å². The van der Waals surface area contributed by atoms with Crippen molar-refractivity contribution < 1.29 is 19.2 Å². The molecule has 0 spiro atoms. The van der Waals surface area contributed by atoms with E-state index in [0.29, 0.717) is 5.75 Å². The maximum Gasteiger partial charge on any atom is 0.273 e. The summed E-state index contributed by atoms with van der Waals surface area (Å²) in [5.41, 5.74) is 5.56. The molecule has 0 heterocycles. The van der Waals surface area contributed by atoms with Crippen LogP contribution in [0.3, 0.4) is 0 Å². The number of para-hydroxylation sites is 1. The maximum absolute atomic E-state index is 12.5. The monoisotopic (exact) mass is 391 g/mol. The van der Waals surface area contributed by atoms with Crippen LogP contribution in [-0.4, -0.2) is 16.7 Å². The molecular formula is C21H17N3O5. The maximum atomic E-state index is 12.5. The number of nitro groups is 1. The SMILES string of the molecule is O=C(NNC(=O)c1ccccc1OCc1ccccc1)c1cccc([N+](=O)[O-])c1. The molecule has 2 N–H and O–H groups in total. The smallest absolute Gasteiger partial charge is 0.273 e. The molecule has 29 heavy (non-hydrogen) atoms. The second-order valence-electron chi connectivity index (χ2n) is 5.99. The number of nitrogens with one attached hydrogen (secondary N) is 2. The lowest BCUT2D eigenvalue weighted by Gasteiger charge is -2.12. The highest BCUT2D eigenvalue weighted by molar-refractivity contribution is 6.00. The summed E-state index contributed by atoms with van der Waals surface area (Å²) in [6.07, 6.45) is 0. The van der Waals surface area contributed by atoms with E-state index in [-0.39, 0.29) is 23.4 Å². The Labute approximate surface area is 166 Å². The van der Waals surface area contributed by atoms with Gasteiger partial charge in [-0.05, 0) is 23.8 Å². The third-order valence-corrected chi connectivity index (χ3v) is 3.98. The Hall–Kier alpha value is -4.20. The van der Waals surface area contributed by atoms with Crippen molar-refractivity contribution in [2.24, 2.45) is 0 Å². The predicted octanol–water partition coefficient (Wildman–Crippen LogP) is 3.25. The summed E-state index contributed by atoms with van der Waals surface area (Å²) >= 11 is 0. The summed E-state index contributed by atoms with van der Waals surface area (Å²) in [4.78, 5) is 34.9. The fourth-order valence-corrected chi connectivity index (χ4v) is 2.53. The van der Waals surface area contributed by atoms with Gasteiger partial charge in [-0.3, -0.25) is 30.6 Å². The molecule has 0 atom stereocenters. The van der Waals surface area contributed by atoms with E-state index in [0.717, 1.165) is 11.6 Å². The number of hydrazine groups is 1. The number of benzene rings is 3. The molecule has 2 amide bonds. The first-order valence-electron chi connectivity index (χ1n) is 8.65. The third-order valence-electron chi connectivity index (χ3n) is 3.98. The lowest BCUT2D eigenvalue weighted by atomic mass is 10.2. The minimum atomic E-state index is -0.676. The van der Waals surface area contributed by atoms with Crippen molar-refractivity contribution in [2.45, 2.75) is 6.61 Å². The molecule has 0 radical (unpaired) electrons. The number of non-ortho nitro benzene ring substituents is 1. The van der Waals surface area contributed by atoms with E-state index >= 15 is 0 Å². The zero-order valence-electron chi connectivity index (χ0n) is 15.2. The van der Waals surface area contributed by atoms with Gasteiger partial charge in [0.05, 0.1) is 10.5 Å². The fraction of sp³-hybridized carbons (Fsp3) is 0.0476. The van der Waals surface area contributed by atoms with Crippen LogP contribution >= 0.6 is 0 Å². The van der Waals surface area contributed by atoms with Crippen LogP contribution in [0, 0.1) is 10.1 Å². The van der Waals surface area contributed by atoms with E-state index in [9.17, 15) is 19.7 Å². The van der Waals surface area contributed by atoms with Gasteiger partial charge >= 0.3 is 0 Å². The summed E-state index contributed by atoms with van der Waals surface area (Å²) in [7, 11) is 0. The van der Waals surface area contributed by atoms with Gasteiger partial charge in [0.15, 0.2) is 0 Å². The van der Waals surface area contributed by atoms with Gasteiger partial charge in [-0.25, -0.2) is 0 Å². The second-order valence-corrected chi connectivity index (χ2v) is 5.99. The molecule has 0 aliphatic carbocycles. The number of nitrogens with zero attached hydrogens (tertiary/aromatic N) is 1. The highest BCUT2D eigenvalue weighted by Crippen LogP contribution is 2.19. The lowest BCUT2D eigenvalue weighted by Crippen LogP contribution is -2.41. The Kier molecular flexibility index (Phi) is 6.16. The molecule has 0 fully saturated rings. The molecule has 3 rings (SSSR count). The number of hydrogen-bond acceptors (Lipinski definition) is 5. The van der Waals surface area contributed by atoms with E-state index in [4.69, 9.17) is 4.74 Å². The molecule has 0 saturated carbocycles. The van der Waals surface area contributed by atoms with E-state index in [1.807, 2.05) is 30.3 Å². The molecule has 0 aliphatic heterocycles. The molecule has 146 valence electrons. The Bertz CT molecular complexity index is 1040. The molecule has 0 aliphatic rings. The molecule has 8 nitrogen and oxygen atoms in total. The Morgan fingerprint density at radius 2 is 1.55 bits per heavy atom. The van der Waals surface area contributed by atoms with E-state index in [1.165, 1.54) is 18.2 Å². The van der Waals surface area contributed by atoms with Crippen molar-refractivity contribution in [3.63, 3.8) is 0 Å². The number of carbonyl (C=O) groups excluding carboxylic acids is 2. The second kappa shape index (κ2) is 9.14. The van der Waals surface area contributed by atoms with Gasteiger partial charge in [0, 0.05) is 17.7 Å². The first kappa shape index (κ1) is 19.6. The number of rotatable bonds is 6. The third kappa shape index (κ3) is 5.16. The average molecular weight is 391 g/mol. The molecule has 0 unspecified atom stereocenters. The van der Waals surface area contributed by atoms with Crippen molar-refractivity contribution in [3.8, 4) is 5.75 Å². The van der Waals surface area contributed by atoms with Crippen molar-refractivity contribution in [1.29, 1.82) is 0 Å². The van der Waals surface area contributed by atoms with Crippen molar-refractivity contribution in [3.05, 3.63) is 106 Å². The lowest BCUT2D eigenvalue weighted by molar-refractivity contribution is -0.384. The topological polar surface area (TPSA) is 111 Å². The molecule has 0 aromatic heterocycles. The zero-order chi connectivity index (χ0) is 20.6. The number of nitro benzene ring substituents is 1. The van der Waals surface area contributed by atoms with Gasteiger partial charge in [0.2, 0.25) is 0 Å². The van der Waals surface area contributed by atoms with Crippen molar-refractivity contribution in [1.82, 2.24) is 10.9 Å². The fourth-order valence-electron chi connectivity index (χ4n) is 2.53. The standard InChI is InChI=1S/C21H17N3O5/c25-20(16-9-6-10-17(13-16)24(27)28)22-23-21(26)18-11-4-5-12-19(18)29-14-15-7-2-1-3-8-15/h1-13H,14H2,(H,22,25)(H,23,26). The summed E-state index contributed by atoms with van der Waals surface area (Å²) in [5, 5.41) is 10.8. The number of hydrogen-bond donors (Lipinski definition) is 2. The van der Waals surface area contributed by atoms with E-state index < -0.39 is 16.7 Å². The van der Waals surface area contributed by atoms with Gasteiger partial charge in [-0.15, -0.1) is 0 Å². The normalized spacial score (nSPS) is 10.1. The van der Waals surface area contributed by atoms with Crippen LogP contribution in [0.15, 0.2) is 78.9 Å². The van der Waals surface area contributed by atoms with Crippen LogP contribution in [-0.2, 0) is 6.61 Å². The Morgan fingerprint density at radius 3 is 2.31 bits per heavy atom. The molecule has 0 bridgehead atoms. The van der Waals surface area contributed by atoms with Gasteiger partial charge in [-0.1, -0.05) is 48.5 Å². The van der Waals surface area contributed by atoms with Crippen LogP contribution in [0.25, 0.3) is 0 Å². The largest absolute Gasteiger partial charge is 0.488 e. The summed E-state index contributed by atoms with van der Waals surface area (Å²) in [6.45, 7) is 0.283. The van der Waals surface area contributed by atoms with Crippen LogP contribution in [0.1, 0.15) is 26.3 Å². The van der Waals surface area contributed by atoms with Crippen molar-refractivity contribution in [2.75, 3.05) is 0 Å². The van der Waals surface area contributed by atoms with Crippen LogP contribution < -0.4 is 15.6 Å². The van der Waals surface area contributed by atoms with E-state index in [2.05, 4.69) is 10.9 Å². The summed E-state index contributed by atoms with van der Waals surface area (Å²) < 4.78 is 5.73. The summed E-state index contributed by atoms with van der Waals surface area (Å²) in [6, 6.07) is 21.3. The van der Waals surface area contributed by atoms with Crippen LogP contribution in [0.5, 0.6) is 5.75 Å². The minimum Gasteiger partial charge on any atom is -0.488 e. The van der Waals surface area contributed by atoms with Gasteiger partial charge in [0.1, 0.15) is 12.4 Å². The van der Waals surface area contributed by atoms with Gasteiger partial charge in [0.25, 0.3) is 17.5 Å². The first-order valence-corrected chi connectivity index (χ1v) is 8.65. The molecular weight excluding hydrogens is 374 g/mol. The van der Waals surface area contributed by atoms with Gasteiger partial charge < -0.3 is 4.74 Å². The highest BCUT2D eigenvalue weighted by Gasteiger charge is 2.15. The molecule has 3 aromatic carbocycles.